The van der Waals surface area contributed by atoms with Gasteiger partial charge in [0.15, 0.2) is 0 Å². The molecule has 1 aliphatic carbocycles. The molecule has 0 unspecified atom stereocenters. The molecule has 0 bridgehead atoms. The molecule has 0 saturated heterocycles. The molecule has 1 saturated carbocycles. The molecule has 0 radical (unpaired) electrons. The Morgan fingerprint density at radius 1 is 1.32 bits per heavy atom. The third-order valence-corrected chi connectivity index (χ3v) is 4.11. The van der Waals surface area contributed by atoms with Crippen LogP contribution in [0.25, 0.3) is 5.57 Å². The van der Waals surface area contributed by atoms with E-state index in [-0.39, 0.29) is 6.10 Å². The van der Waals surface area contributed by atoms with Gasteiger partial charge in [0, 0.05) is 19.0 Å². The standard InChI is InChI=1S/C18H21FN2O/c1-3-15-10-14(8-9-21(15)20)13-4-6-16(7-5-13)22-17-11-18(2,19)12-17/h3-10,17H,11-12,20H2,1-2H3/b15-3-. The molecule has 0 spiro atoms. The number of halogens is 1. The van der Waals surface area contributed by atoms with Gasteiger partial charge in [-0.1, -0.05) is 18.2 Å². The van der Waals surface area contributed by atoms with Crippen molar-refractivity contribution in [3.63, 3.8) is 0 Å². The molecule has 3 rings (SSSR count). The van der Waals surface area contributed by atoms with Crippen molar-refractivity contribution in [1.29, 1.82) is 0 Å². The first kappa shape index (κ1) is 14.9. The molecule has 22 heavy (non-hydrogen) atoms. The molecule has 0 amide bonds. The molecule has 1 aromatic rings. The van der Waals surface area contributed by atoms with Crippen LogP contribution in [0.15, 0.2) is 54.4 Å². The molecule has 1 aromatic carbocycles. The Morgan fingerprint density at radius 3 is 2.59 bits per heavy atom. The van der Waals surface area contributed by atoms with Crippen molar-refractivity contribution in [3.8, 4) is 5.75 Å². The normalized spacial score (nSPS) is 29.3. The van der Waals surface area contributed by atoms with Gasteiger partial charge in [-0.25, -0.2) is 10.2 Å². The third kappa shape index (κ3) is 3.07. The highest BCUT2D eigenvalue weighted by Crippen LogP contribution is 2.38. The van der Waals surface area contributed by atoms with E-state index in [0.717, 1.165) is 22.6 Å². The van der Waals surface area contributed by atoms with Crippen LogP contribution in [0.2, 0.25) is 0 Å². The van der Waals surface area contributed by atoms with Crippen molar-refractivity contribution in [2.24, 2.45) is 5.84 Å². The first-order valence-corrected chi connectivity index (χ1v) is 7.53. The quantitative estimate of drug-likeness (QED) is 0.859. The van der Waals surface area contributed by atoms with E-state index in [4.69, 9.17) is 10.6 Å². The summed E-state index contributed by atoms with van der Waals surface area (Å²) in [5, 5.41) is 1.59. The number of rotatable bonds is 3. The summed E-state index contributed by atoms with van der Waals surface area (Å²) in [5.74, 6) is 6.62. The van der Waals surface area contributed by atoms with Gasteiger partial charge in [-0.05, 0) is 49.3 Å². The minimum absolute atomic E-state index is 0.00457. The van der Waals surface area contributed by atoms with E-state index >= 15 is 0 Å². The van der Waals surface area contributed by atoms with E-state index in [1.807, 2.05) is 55.6 Å². The molecule has 0 aromatic heterocycles. The Morgan fingerprint density at radius 2 is 2.00 bits per heavy atom. The Balaban J connectivity index is 1.68. The molecule has 0 atom stereocenters. The monoisotopic (exact) mass is 300 g/mol. The zero-order valence-electron chi connectivity index (χ0n) is 12.9. The van der Waals surface area contributed by atoms with E-state index in [1.165, 1.54) is 0 Å². The number of hydrogen-bond donors (Lipinski definition) is 1. The third-order valence-electron chi connectivity index (χ3n) is 4.11. The zero-order valence-corrected chi connectivity index (χ0v) is 12.9. The van der Waals surface area contributed by atoms with Crippen LogP contribution in [-0.4, -0.2) is 16.8 Å². The van der Waals surface area contributed by atoms with E-state index in [0.29, 0.717) is 12.8 Å². The number of nitrogens with zero attached hydrogens (tertiary/aromatic N) is 1. The van der Waals surface area contributed by atoms with E-state index in [9.17, 15) is 4.39 Å². The van der Waals surface area contributed by atoms with Crippen LogP contribution in [0.3, 0.4) is 0 Å². The highest BCUT2D eigenvalue weighted by atomic mass is 19.1. The Bertz CT molecular complexity index is 636. The number of nitrogens with two attached hydrogens (primary N) is 1. The summed E-state index contributed by atoms with van der Waals surface area (Å²) in [6.45, 7) is 3.58. The summed E-state index contributed by atoms with van der Waals surface area (Å²) < 4.78 is 19.2. The zero-order chi connectivity index (χ0) is 15.7. The highest BCUT2D eigenvalue weighted by Gasteiger charge is 2.42. The average Bonchev–Trinajstić information content (AvgIpc) is 2.47. The van der Waals surface area contributed by atoms with Gasteiger partial charge >= 0.3 is 0 Å². The summed E-state index contributed by atoms with van der Waals surface area (Å²) in [6, 6.07) is 7.89. The SMILES string of the molecule is C/C=C1/C=C(c2ccc(OC3CC(C)(F)C3)cc2)C=CN1N. The van der Waals surface area contributed by atoms with Crippen LogP contribution in [0, 0.1) is 0 Å². The summed E-state index contributed by atoms with van der Waals surface area (Å²) >= 11 is 0. The van der Waals surface area contributed by atoms with Gasteiger partial charge in [-0.2, -0.15) is 0 Å². The molecule has 1 fully saturated rings. The van der Waals surface area contributed by atoms with Crippen molar-refractivity contribution < 1.29 is 9.13 Å². The topological polar surface area (TPSA) is 38.5 Å². The molecule has 116 valence electrons. The molecular weight excluding hydrogens is 279 g/mol. The number of alkyl halides is 1. The van der Waals surface area contributed by atoms with Gasteiger partial charge in [-0.3, -0.25) is 5.01 Å². The maximum absolute atomic E-state index is 13.5. The van der Waals surface area contributed by atoms with Gasteiger partial charge < -0.3 is 4.74 Å². The maximum Gasteiger partial charge on any atom is 0.119 e. The van der Waals surface area contributed by atoms with Crippen molar-refractivity contribution in [2.45, 2.75) is 38.5 Å². The Hall–Kier alpha value is -2.07. The summed E-state index contributed by atoms with van der Waals surface area (Å²) in [6.07, 6.45) is 8.76. The largest absolute Gasteiger partial charge is 0.490 e. The second-order valence-electron chi connectivity index (χ2n) is 6.12. The number of benzene rings is 1. The minimum Gasteiger partial charge on any atom is -0.490 e. The second-order valence-corrected chi connectivity index (χ2v) is 6.12. The summed E-state index contributed by atoms with van der Waals surface area (Å²) in [4.78, 5) is 0. The molecule has 2 N–H and O–H groups in total. The number of hydrogen-bond acceptors (Lipinski definition) is 3. The number of allylic oxidation sites excluding steroid dienone is 4. The minimum atomic E-state index is -1.06. The van der Waals surface area contributed by atoms with Crippen molar-refractivity contribution in [2.75, 3.05) is 0 Å². The molecular formula is C18H21FN2O. The van der Waals surface area contributed by atoms with Gasteiger partial charge in [0.05, 0.1) is 5.70 Å². The van der Waals surface area contributed by atoms with Crippen LogP contribution >= 0.6 is 0 Å². The van der Waals surface area contributed by atoms with Gasteiger partial charge in [-0.15, -0.1) is 0 Å². The number of ether oxygens (including phenoxy) is 1. The fourth-order valence-corrected chi connectivity index (χ4v) is 2.83. The average molecular weight is 300 g/mol. The Kier molecular flexibility index (Phi) is 3.79. The molecule has 2 aliphatic rings. The summed E-state index contributed by atoms with van der Waals surface area (Å²) in [5.41, 5.74) is 2.09. The first-order valence-electron chi connectivity index (χ1n) is 7.53. The van der Waals surface area contributed by atoms with Crippen molar-refractivity contribution in [1.82, 2.24) is 5.01 Å². The molecule has 4 heteroatoms. The number of hydrazine groups is 1. The smallest absolute Gasteiger partial charge is 0.119 e. The van der Waals surface area contributed by atoms with Gasteiger partial charge in [0.2, 0.25) is 0 Å². The second kappa shape index (κ2) is 5.61. The van der Waals surface area contributed by atoms with Gasteiger partial charge in [0.1, 0.15) is 17.5 Å². The lowest BCUT2D eigenvalue weighted by molar-refractivity contribution is -0.0291. The van der Waals surface area contributed by atoms with Crippen LogP contribution in [0.4, 0.5) is 4.39 Å². The van der Waals surface area contributed by atoms with E-state index in [2.05, 4.69) is 0 Å². The van der Waals surface area contributed by atoms with Crippen LogP contribution < -0.4 is 10.6 Å². The van der Waals surface area contributed by atoms with Crippen LogP contribution in [0.1, 0.15) is 32.3 Å². The molecule has 1 heterocycles. The summed E-state index contributed by atoms with van der Waals surface area (Å²) in [7, 11) is 0. The lowest BCUT2D eigenvalue weighted by Gasteiger charge is -2.38. The highest BCUT2D eigenvalue weighted by molar-refractivity contribution is 5.77. The predicted molar refractivity (Wildman–Crippen MR) is 86.5 cm³/mol. The van der Waals surface area contributed by atoms with Crippen molar-refractivity contribution in [3.05, 3.63) is 60.0 Å². The fraction of sp³-hybridized carbons (Fsp3) is 0.333. The van der Waals surface area contributed by atoms with E-state index < -0.39 is 5.67 Å². The van der Waals surface area contributed by atoms with Gasteiger partial charge in [0.25, 0.3) is 0 Å². The Labute approximate surface area is 130 Å². The predicted octanol–water partition coefficient (Wildman–Crippen LogP) is 3.95. The van der Waals surface area contributed by atoms with Crippen LogP contribution in [0.5, 0.6) is 5.75 Å². The van der Waals surface area contributed by atoms with Crippen molar-refractivity contribution >= 4 is 5.57 Å². The maximum atomic E-state index is 13.5. The fourth-order valence-electron chi connectivity index (χ4n) is 2.83. The molecule has 3 nitrogen and oxygen atoms in total. The lowest BCUT2D eigenvalue weighted by atomic mass is 9.81. The van der Waals surface area contributed by atoms with Crippen LogP contribution in [-0.2, 0) is 0 Å². The first-order chi connectivity index (χ1) is 10.5. The molecule has 1 aliphatic heterocycles. The van der Waals surface area contributed by atoms with E-state index in [1.54, 1.807) is 11.9 Å². The lowest BCUT2D eigenvalue weighted by Crippen LogP contribution is -2.44.